The third-order valence-corrected chi connectivity index (χ3v) is 4.20. The SMILES string of the molecule is CNC1CCCN(CC2CCCCC2O)C1=O. The van der Waals surface area contributed by atoms with Crippen LogP contribution in [0, 0.1) is 5.92 Å². The summed E-state index contributed by atoms with van der Waals surface area (Å²) >= 11 is 0. The average molecular weight is 240 g/mol. The second kappa shape index (κ2) is 5.83. The molecule has 1 aliphatic heterocycles. The largest absolute Gasteiger partial charge is 0.393 e. The monoisotopic (exact) mass is 240 g/mol. The molecule has 3 unspecified atom stereocenters. The van der Waals surface area contributed by atoms with E-state index in [1.165, 1.54) is 6.42 Å². The van der Waals surface area contributed by atoms with E-state index in [1.807, 2.05) is 11.9 Å². The quantitative estimate of drug-likeness (QED) is 0.765. The topological polar surface area (TPSA) is 52.6 Å². The number of carbonyl (C=O) groups excluding carboxylic acids is 1. The van der Waals surface area contributed by atoms with E-state index in [0.29, 0.717) is 5.92 Å². The van der Waals surface area contributed by atoms with Gasteiger partial charge in [0.2, 0.25) is 5.91 Å². The van der Waals surface area contributed by atoms with Crippen LogP contribution >= 0.6 is 0 Å². The minimum Gasteiger partial charge on any atom is -0.393 e. The van der Waals surface area contributed by atoms with Crippen LogP contribution in [0.5, 0.6) is 0 Å². The van der Waals surface area contributed by atoms with Crippen molar-refractivity contribution < 1.29 is 9.90 Å². The molecule has 1 aliphatic carbocycles. The van der Waals surface area contributed by atoms with Gasteiger partial charge in [0.15, 0.2) is 0 Å². The molecule has 4 nitrogen and oxygen atoms in total. The zero-order valence-corrected chi connectivity index (χ0v) is 10.7. The Kier molecular flexibility index (Phi) is 4.40. The fourth-order valence-corrected chi connectivity index (χ4v) is 3.07. The molecule has 0 radical (unpaired) electrons. The van der Waals surface area contributed by atoms with Crippen LogP contribution in [0.3, 0.4) is 0 Å². The number of aliphatic hydroxyl groups excluding tert-OH is 1. The molecular formula is C13H24N2O2. The molecule has 98 valence electrons. The summed E-state index contributed by atoms with van der Waals surface area (Å²) in [5.41, 5.74) is 0. The molecule has 0 aromatic rings. The van der Waals surface area contributed by atoms with Crippen molar-refractivity contribution in [2.75, 3.05) is 20.1 Å². The van der Waals surface area contributed by atoms with Crippen molar-refractivity contribution >= 4 is 5.91 Å². The van der Waals surface area contributed by atoms with E-state index in [-0.39, 0.29) is 18.1 Å². The van der Waals surface area contributed by atoms with Crippen molar-refractivity contribution in [2.24, 2.45) is 5.92 Å². The molecule has 2 rings (SSSR count). The summed E-state index contributed by atoms with van der Waals surface area (Å²) in [5, 5.41) is 13.0. The van der Waals surface area contributed by atoms with Crippen LogP contribution in [-0.2, 0) is 4.79 Å². The van der Waals surface area contributed by atoms with Crippen LogP contribution < -0.4 is 5.32 Å². The highest BCUT2D eigenvalue weighted by Crippen LogP contribution is 2.26. The van der Waals surface area contributed by atoms with Crippen LogP contribution in [0.15, 0.2) is 0 Å². The number of likely N-dealkylation sites (tertiary alicyclic amines) is 1. The van der Waals surface area contributed by atoms with Crippen molar-refractivity contribution in [1.29, 1.82) is 0 Å². The van der Waals surface area contributed by atoms with Gasteiger partial charge >= 0.3 is 0 Å². The van der Waals surface area contributed by atoms with Crippen molar-refractivity contribution in [3.63, 3.8) is 0 Å². The van der Waals surface area contributed by atoms with Crippen molar-refractivity contribution in [3.8, 4) is 0 Å². The Labute approximate surface area is 103 Å². The number of carbonyl (C=O) groups is 1. The summed E-state index contributed by atoms with van der Waals surface area (Å²) in [6, 6.07) is -0.00974. The Morgan fingerprint density at radius 2 is 2.06 bits per heavy atom. The second-order valence-electron chi connectivity index (χ2n) is 5.38. The van der Waals surface area contributed by atoms with E-state index in [1.54, 1.807) is 0 Å². The van der Waals surface area contributed by atoms with Gasteiger partial charge in [0.05, 0.1) is 12.1 Å². The fraction of sp³-hybridized carbons (Fsp3) is 0.923. The molecule has 0 aromatic heterocycles. The first-order valence-corrected chi connectivity index (χ1v) is 6.86. The molecule has 1 amide bonds. The predicted molar refractivity (Wildman–Crippen MR) is 66.6 cm³/mol. The van der Waals surface area contributed by atoms with E-state index in [4.69, 9.17) is 0 Å². The summed E-state index contributed by atoms with van der Waals surface area (Å²) in [6.07, 6.45) is 6.10. The predicted octanol–water partition coefficient (Wildman–Crippen LogP) is 0.748. The Balaban J connectivity index is 1.90. The van der Waals surface area contributed by atoms with Gasteiger partial charge in [0, 0.05) is 19.0 Å². The number of aliphatic hydroxyl groups is 1. The molecule has 3 atom stereocenters. The van der Waals surface area contributed by atoms with Gasteiger partial charge in [-0.1, -0.05) is 12.8 Å². The lowest BCUT2D eigenvalue weighted by molar-refractivity contribution is -0.137. The first-order valence-electron chi connectivity index (χ1n) is 6.86. The normalized spacial score (nSPS) is 35.1. The molecule has 0 aromatic carbocycles. The van der Waals surface area contributed by atoms with Gasteiger partial charge in [-0.15, -0.1) is 0 Å². The highest BCUT2D eigenvalue weighted by Gasteiger charge is 2.31. The maximum Gasteiger partial charge on any atom is 0.239 e. The lowest BCUT2D eigenvalue weighted by Crippen LogP contribution is -2.52. The Bertz CT molecular complexity index is 270. The number of hydrogen-bond donors (Lipinski definition) is 2. The number of amides is 1. The standard InChI is InChI=1S/C13H24N2O2/c1-14-11-6-4-8-15(13(11)17)9-10-5-2-3-7-12(10)16/h10-12,14,16H,2-9H2,1H3. The van der Waals surface area contributed by atoms with Crippen LogP contribution in [-0.4, -0.2) is 48.2 Å². The number of nitrogens with one attached hydrogen (secondary N) is 1. The van der Waals surface area contributed by atoms with E-state index >= 15 is 0 Å². The van der Waals surface area contributed by atoms with Crippen molar-refractivity contribution in [2.45, 2.75) is 50.7 Å². The third kappa shape index (κ3) is 2.99. The third-order valence-electron chi connectivity index (χ3n) is 4.20. The molecule has 2 N–H and O–H groups in total. The van der Waals surface area contributed by atoms with Crippen LogP contribution in [0.1, 0.15) is 38.5 Å². The Morgan fingerprint density at radius 3 is 2.76 bits per heavy atom. The first kappa shape index (κ1) is 12.8. The fourth-order valence-electron chi connectivity index (χ4n) is 3.07. The second-order valence-corrected chi connectivity index (χ2v) is 5.38. The molecule has 1 saturated carbocycles. The summed E-state index contributed by atoms with van der Waals surface area (Å²) in [7, 11) is 1.85. The number of piperidine rings is 1. The molecule has 17 heavy (non-hydrogen) atoms. The van der Waals surface area contributed by atoms with Gasteiger partial charge in [-0.25, -0.2) is 0 Å². The highest BCUT2D eigenvalue weighted by molar-refractivity contribution is 5.82. The molecule has 1 heterocycles. The zero-order chi connectivity index (χ0) is 12.3. The van der Waals surface area contributed by atoms with Gasteiger partial charge in [0.1, 0.15) is 0 Å². The summed E-state index contributed by atoms with van der Waals surface area (Å²) < 4.78 is 0. The number of rotatable bonds is 3. The van der Waals surface area contributed by atoms with Crippen LogP contribution in [0.4, 0.5) is 0 Å². The smallest absolute Gasteiger partial charge is 0.239 e. The zero-order valence-electron chi connectivity index (χ0n) is 10.7. The minimum absolute atomic E-state index is 0.00974. The number of likely N-dealkylation sites (N-methyl/N-ethyl adjacent to an activating group) is 1. The summed E-state index contributed by atoms with van der Waals surface area (Å²) in [5.74, 6) is 0.514. The number of hydrogen-bond acceptors (Lipinski definition) is 3. The van der Waals surface area contributed by atoms with E-state index in [9.17, 15) is 9.90 Å². The molecule has 2 fully saturated rings. The molecular weight excluding hydrogens is 216 g/mol. The van der Waals surface area contributed by atoms with E-state index < -0.39 is 0 Å². The molecule has 4 heteroatoms. The molecule has 2 aliphatic rings. The molecule has 0 bridgehead atoms. The maximum atomic E-state index is 12.1. The van der Waals surface area contributed by atoms with Crippen LogP contribution in [0.2, 0.25) is 0 Å². The molecule has 0 spiro atoms. The van der Waals surface area contributed by atoms with Gasteiger partial charge in [-0.3, -0.25) is 4.79 Å². The lowest BCUT2D eigenvalue weighted by atomic mass is 9.85. The van der Waals surface area contributed by atoms with Crippen molar-refractivity contribution in [1.82, 2.24) is 10.2 Å². The minimum atomic E-state index is -0.202. The van der Waals surface area contributed by atoms with E-state index in [0.717, 1.165) is 45.2 Å². The summed E-state index contributed by atoms with van der Waals surface area (Å²) in [6.45, 7) is 1.61. The van der Waals surface area contributed by atoms with Gasteiger partial charge < -0.3 is 15.3 Å². The van der Waals surface area contributed by atoms with E-state index in [2.05, 4.69) is 5.32 Å². The average Bonchev–Trinajstić information content (AvgIpc) is 2.34. The van der Waals surface area contributed by atoms with Crippen LogP contribution in [0.25, 0.3) is 0 Å². The van der Waals surface area contributed by atoms with Gasteiger partial charge in [0.25, 0.3) is 0 Å². The maximum absolute atomic E-state index is 12.1. The highest BCUT2D eigenvalue weighted by atomic mass is 16.3. The molecule has 1 saturated heterocycles. The number of nitrogens with zero attached hydrogens (tertiary/aromatic N) is 1. The summed E-state index contributed by atoms with van der Waals surface area (Å²) in [4.78, 5) is 14.1. The Hall–Kier alpha value is -0.610. The van der Waals surface area contributed by atoms with Gasteiger partial charge in [-0.05, 0) is 32.7 Å². The van der Waals surface area contributed by atoms with Gasteiger partial charge in [-0.2, -0.15) is 0 Å². The first-order chi connectivity index (χ1) is 8.22. The van der Waals surface area contributed by atoms with Crippen molar-refractivity contribution in [3.05, 3.63) is 0 Å². The lowest BCUT2D eigenvalue weighted by Gasteiger charge is -2.37. The Morgan fingerprint density at radius 1 is 1.29 bits per heavy atom.